The summed E-state index contributed by atoms with van der Waals surface area (Å²) in [6.07, 6.45) is 0. The maximum Gasteiger partial charge on any atom is 0.258 e. The second-order valence-electron chi connectivity index (χ2n) is 4.78. The molecule has 0 atom stereocenters. The largest absolute Gasteiger partial charge is 0.387 e. The maximum absolute atomic E-state index is 13.8. The minimum Gasteiger partial charge on any atom is -0.387 e. The van der Waals surface area contributed by atoms with Crippen LogP contribution in [-0.4, -0.2) is 16.6 Å². The minimum absolute atomic E-state index is 0.211. The molecule has 0 spiro atoms. The first-order chi connectivity index (χ1) is 11.0. The molecule has 0 saturated heterocycles. The normalized spacial score (nSPS) is 10.5. The first-order valence-electron chi connectivity index (χ1n) is 6.65. The van der Waals surface area contributed by atoms with E-state index in [4.69, 9.17) is 16.9 Å². The number of pyridine rings is 2. The molecule has 23 heavy (non-hydrogen) atoms. The van der Waals surface area contributed by atoms with E-state index in [1.807, 2.05) is 6.07 Å². The number of hydrogen-bond acceptors (Lipinski definition) is 4. The third kappa shape index (κ3) is 2.51. The predicted molar refractivity (Wildman–Crippen MR) is 86.6 cm³/mol. The molecular weight excluding hydrogens is 319 g/mol. The van der Waals surface area contributed by atoms with Crippen molar-refractivity contribution in [2.45, 2.75) is 0 Å². The zero-order chi connectivity index (χ0) is 16.6. The summed E-state index contributed by atoms with van der Waals surface area (Å²) in [5.74, 6) is -0.674. The lowest BCUT2D eigenvalue weighted by atomic mass is 10.2. The molecule has 0 saturated carbocycles. The fraction of sp³-hybridized carbons (Fsp3) is 0.0625. The number of nitrogens with zero attached hydrogens (tertiary/aromatic N) is 3. The van der Waals surface area contributed by atoms with Crippen molar-refractivity contribution in [2.75, 3.05) is 12.4 Å². The molecule has 2 aromatic heterocycles. The van der Waals surface area contributed by atoms with Gasteiger partial charge in [-0.25, -0.2) is 9.37 Å². The molecule has 0 unspecified atom stereocenters. The van der Waals surface area contributed by atoms with Gasteiger partial charge in [-0.05, 0) is 24.3 Å². The van der Waals surface area contributed by atoms with Crippen LogP contribution in [0.3, 0.4) is 0 Å². The standard InChI is InChI=1S/C16H10ClFN4O/c1-20-13-7-14(23)22(10-4-2-3-9(5-10)8-19)16-11(13)6-12(18)15(17)21-16/h2-7,20H,1H3. The molecule has 0 amide bonds. The molecular formula is C16H10ClFN4O. The molecule has 7 heteroatoms. The molecule has 5 nitrogen and oxygen atoms in total. The van der Waals surface area contributed by atoms with Crippen LogP contribution in [0, 0.1) is 17.1 Å². The van der Waals surface area contributed by atoms with E-state index in [1.165, 1.54) is 16.7 Å². The van der Waals surface area contributed by atoms with Crippen LogP contribution >= 0.6 is 11.6 Å². The number of anilines is 1. The van der Waals surface area contributed by atoms with Crippen molar-refractivity contribution in [1.29, 1.82) is 5.26 Å². The Bertz CT molecular complexity index is 1020. The zero-order valence-electron chi connectivity index (χ0n) is 12.0. The SMILES string of the molecule is CNc1cc(=O)n(-c2cccc(C#N)c2)c2nc(Cl)c(F)cc12. The van der Waals surface area contributed by atoms with Crippen LogP contribution in [0.2, 0.25) is 5.15 Å². The lowest BCUT2D eigenvalue weighted by molar-refractivity contribution is 0.624. The van der Waals surface area contributed by atoms with Crippen LogP contribution in [0.4, 0.5) is 10.1 Å². The number of halogens is 2. The lowest BCUT2D eigenvalue weighted by Gasteiger charge is -2.13. The summed E-state index contributed by atoms with van der Waals surface area (Å²) < 4.78 is 15.1. The third-order valence-corrected chi connectivity index (χ3v) is 3.67. The quantitative estimate of drug-likeness (QED) is 0.734. The Labute approximate surface area is 135 Å². The maximum atomic E-state index is 13.8. The second kappa shape index (κ2) is 5.71. The Kier molecular flexibility index (Phi) is 3.72. The molecule has 0 fully saturated rings. The lowest BCUT2D eigenvalue weighted by Crippen LogP contribution is -2.20. The Morgan fingerprint density at radius 2 is 2.13 bits per heavy atom. The summed E-state index contributed by atoms with van der Waals surface area (Å²) >= 11 is 5.78. The number of nitrogens with one attached hydrogen (secondary N) is 1. The highest BCUT2D eigenvalue weighted by atomic mass is 35.5. The minimum atomic E-state index is -0.674. The van der Waals surface area contributed by atoms with E-state index in [0.29, 0.717) is 22.3 Å². The van der Waals surface area contributed by atoms with E-state index in [-0.39, 0.29) is 16.4 Å². The van der Waals surface area contributed by atoms with Gasteiger partial charge in [0.15, 0.2) is 16.6 Å². The molecule has 3 rings (SSSR count). The summed E-state index contributed by atoms with van der Waals surface area (Å²) in [5, 5.41) is 12.0. The molecule has 0 aliphatic carbocycles. The average molecular weight is 329 g/mol. The Balaban J connectivity index is 2.45. The van der Waals surface area contributed by atoms with E-state index >= 15 is 0 Å². The van der Waals surface area contributed by atoms with Gasteiger partial charge < -0.3 is 5.32 Å². The predicted octanol–water partition coefficient (Wildman–Crippen LogP) is 3.09. The zero-order valence-corrected chi connectivity index (χ0v) is 12.7. The van der Waals surface area contributed by atoms with Crippen LogP contribution in [0.25, 0.3) is 16.7 Å². The van der Waals surface area contributed by atoms with Gasteiger partial charge in [0.05, 0.1) is 23.0 Å². The molecule has 1 N–H and O–H groups in total. The van der Waals surface area contributed by atoms with E-state index in [0.717, 1.165) is 0 Å². The van der Waals surface area contributed by atoms with E-state index in [9.17, 15) is 9.18 Å². The highest BCUT2D eigenvalue weighted by molar-refractivity contribution is 6.30. The third-order valence-electron chi connectivity index (χ3n) is 3.41. The summed E-state index contributed by atoms with van der Waals surface area (Å²) in [5.41, 5.74) is 1.14. The van der Waals surface area contributed by atoms with Gasteiger partial charge in [0.1, 0.15) is 0 Å². The Morgan fingerprint density at radius 3 is 2.83 bits per heavy atom. The molecule has 0 aliphatic heterocycles. The van der Waals surface area contributed by atoms with Gasteiger partial charge in [0.2, 0.25) is 0 Å². The molecule has 0 radical (unpaired) electrons. The molecule has 2 heterocycles. The van der Waals surface area contributed by atoms with Crippen LogP contribution in [-0.2, 0) is 0 Å². The second-order valence-corrected chi connectivity index (χ2v) is 5.13. The average Bonchev–Trinajstić information content (AvgIpc) is 2.56. The van der Waals surface area contributed by atoms with Crippen LogP contribution < -0.4 is 10.9 Å². The monoisotopic (exact) mass is 328 g/mol. The van der Waals surface area contributed by atoms with Crippen LogP contribution in [0.5, 0.6) is 0 Å². The van der Waals surface area contributed by atoms with Gasteiger partial charge in [-0.15, -0.1) is 0 Å². The van der Waals surface area contributed by atoms with Gasteiger partial charge in [0, 0.05) is 18.5 Å². The van der Waals surface area contributed by atoms with Crippen molar-refractivity contribution in [3.8, 4) is 11.8 Å². The fourth-order valence-electron chi connectivity index (χ4n) is 2.37. The van der Waals surface area contributed by atoms with Crippen molar-refractivity contribution in [2.24, 2.45) is 0 Å². The molecule has 0 aliphatic rings. The van der Waals surface area contributed by atoms with Crippen LogP contribution in [0.15, 0.2) is 41.2 Å². The Morgan fingerprint density at radius 1 is 1.35 bits per heavy atom. The van der Waals surface area contributed by atoms with Crippen molar-refractivity contribution < 1.29 is 4.39 Å². The van der Waals surface area contributed by atoms with E-state index < -0.39 is 5.82 Å². The van der Waals surface area contributed by atoms with Crippen molar-refractivity contribution in [3.05, 3.63) is 63.3 Å². The number of benzene rings is 1. The molecule has 1 aromatic carbocycles. The molecule has 3 aromatic rings. The van der Waals surface area contributed by atoms with Gasteiger partial charge in [-0.3, -0.25) is 9.36 Å². The van der Waals surface area contributed by atoms with Gasteiger partial charge >= 0.3 is 0 Å². The highest BCUT2D eigenvalue weighted by Gasteiger charge is 2.14. The van der Waals surface area contributed by atoms with Gasteiger partial charge in [0.25, 0.3) is 5.56 Å². The smallest absolute Gasteiger partial charge is 0.258 e. The summed E-state index contributed by atoms with van der Waals surface area (Å²) in [7, 11) is 1.63. The number of rotatable bonds is 2. The van der Waals surface area contributed by atoms with Gasteiger partial charge in [-0.2, -0.15) is 5.26 Å². The number of aromatic nitrogens is 2. The van der Waals surface area contributed by atoms with E-state index in [2.05, 4.69) is 10.3 Å². The Hall–Kier alpha value is -2.91. The van der Waals surface area contributed by atoms with Crippen molar-refractivity contribution >= 4 is 28.3 Å². The number of fused-ring (bicyclic) bond motifs is 1. The molecule has 0 bridgehead atoms. The summed E-state index contributed by atoms with van der Waals surface area (Å²) in [6.45, 7) is 0. The topological polar surface area (TPSA) is 70.7 Å². The fourth-order valence-corrected chi connectivity index (χ4v) is 2.50. The van der Waals surface area contributed by atoms with Crippen molar-refractivity contribution in [1.82, 2.24) is 9.55 Å². The molecule has 114 valence electrons. The van der Waals surface area contributed by atoms with Gasteiger partial charge in [-0.1, -0.05) is 17.7 Å². The number of hydrogen-bond donors (Lipinski definition) is 1. The van der Waals surface area contributed by atoms with E-state index in [1.54, 1.807) is 31.3 Å². The summed E-state index contributed by atoms with van der Waals surface area (Å²) in [4.78, 5) is 16.5. The number of nitriles is 1. The van der Waals surface area contributed by atoms with Crippen LogP contribution in [0.1, 0.15) is 5.56 Å². The highest BCUT2D eigenvalue weighted by Crippen LogP contribution is 2.26. The summed E-state index contributed by atoms with van der Waals surface area (Å²) in [6, 6.07) is 11.1. The first kappa shape index (κ1) is 15.0. The van der Waals surface area contributed by atoms with Crippen molar-refractivity contribution in [3.63, 3.8) is 0 Å². The first-order valence-corrected chi connectivity index (χ1v) is 7.03.